The summed E-state index contributed by atoms with van der Waals surface area (Å²) in [5, 5.41) is 11.7. The predicted octanol–water partition coefficient (Wildman–Crippen LogP) is 3.40. The van der Waals surface area contributed by atoms with E-state index in [1.54, 1.807) is 6.92 Å². The van der Waals surface area contributed by atoms with Gasteiger partial charge in [0.15, 0.2) is 0 Å². The molecule has 30 heavy (non-hydrogen) atoms. The van der Waals surface area contributed by atoms with Crippen LogP contribution in [-0.2, 0) is 17.7 Å². The van der Waals surface area contributed by atoms with Gasteiger partial charge in [-0.25, -0.2) is 4.79 Å². The number of benzene rings is 1. The molecular weight excluding hydrogens is 390 g/mol. The van der Waals surface area contributed by atoms with Crippen LogP contribution in [0.15, 0.2) is 36.4 Å². The second-order valence-corrected chi connectivity index (χ2v) is 6.59. The number of anilines is 2. The largest absolute Gasteiger partial charge is 0.463 e. The van der Waals surface area contributed by atoms with E-state index in [4.69, 9.17) is 15.2 Å². The molecule has 158 valence electrons. The van der Waals surface area contributed by atoms with Crippen LogP contribution in [0.5, 0.6) is 6.01 Å². The van der Waals surface area contributed by atoms with Crippen LogP contribution >= 0.6 is 0 Å². The van der Waals surface area contributed by atoms with E-state index in [0.717, 1.165) is 28.9 Å². The molecule has 0 spiro atoms. The van der Waals surface area contributed by atoms with Gasteiger partial charge in [-0.1, -0.05) is 36.4 Å². The van der Waals surface area contributed by atoms with Crippen molar-refractivity contribution in [3.05, 3.63) is 57.7 Å². The summed E-state index contributed by atoms with van der Waals surface area (Å²) in [5.41, 5.74) is 7.07. The minimum atomic E-state index is -0.778. The molecule has 2 N–H and O–H groups in total. The molecule has 1 aliphatic heterocycles. The number of allylic oxidation sites excluding steroid dienone is 2. The van der Waals surface area contributed by atoms with Gasteiger partial charge in [0.1, 0.15) is 0 Å². The third-order valence-corrected chi connectivity index (χ3v) is 4.40. The zero-order chi connectivity index (χ0) is 21.5. The molecule has 1 aromatic carbocycles. The summed E-state index contributed by atoms with van der Waals surface area (Å²) in [6, 6.07) is 7.48. The van der Waals surface area contributed by atoms with Crippen molar-refractivity contribution in [1.82, 2.24) is 9.97 Å². The van der Waals surface area contributed by atoms with Gasteiger partial charge in [-0.05, 0) is 37.3 Å². The standard InChI is InChI=1S/C20H23N5O5/c1-2-29-20(26)24-13-15-10-7-9-14(12-15)8-5-3-4-6-11-30-19-22-17(21)16(25(27)28)18(24)23-19/h3,5,7,9-10,12H,2,4,6,8,11,13H2,1H3,(H2,21,22,23)/b5-3+. The first-order chi connectivity index (χ1) is 14.5. The Labute approximate surface area is 173 Å². The van der Waals surface area contributed by atoms with E-state index in [9.17, 15) is 14.9 Å². The number of nitrogens with zero attached hydrogens (tertiary/aromatic N) is 4. The fourth-order valence-corrected chi connectivity index (χ4v) is 3.03. The van der Waals surface area contributed by atoms with Crippen molar-refractivity contribution in [3.63, 3.8) is 0 Å². The first-order valence-corrected chi connectivity index (χ1v) is 9.61. The summed E-state index contributed by atoms with van der Waals surface area (Å²) in [6.45, 7) is 2.05. The topological polar surface area (TPSA) is 134 Å². The van der Waals surface area contributed by atoms with E-state index < -0.39 is 16.7 Å². The Kier molecular flexibility index (Phi) is 6.79. The third kappa shape index (κ3) is 5.02. The molecule has 2 aromatic rings. The van der Waals surface area contributed by atoms with Crippen molar-refractivity contribution in [2.75, 3.05) is 23.8 Å². The molecule has 0 unspecified atom stereocenters. The number of carbonyl (C=O) groups is 1. The fourth-order valence-electron chi connectivity index (χ4n) is 3.03. The third-order valence-electron chi connectivity index (χ3n) is 4.40. The number of hydrogen-bond acceptors (Lipinski definition) is 8. The quantitative estimate of drug-likeness (QED) is 0.450. The van der Waals surface area contributed by atoms with Gasteiger partial charge in [0, 0.05) is 0 Å². The molecule has 4 bridgehead atoms. The minimum absolute atomic E-state index is 0.00706. The van der Waals surface area contributed by atoms with Gasteiger partial charge in [-0.2, -0.15) is 9.97 Å². The number of nitrogens with two attached hydrogens (primary N) is 1. The summed E-state index contributed by atoms with van der Waals surface area (Å²) >= 11 is 0. The molecule has 0 aliphatic carbocycles. The number of carbonyl (C=O) groups excluding carboxylic acids is 1. The average Bonchev–Trinajstić information content (AvgIpc) is 2.70. The number of ether oxygens (including phenoxy) is 2. The van der Waals surface area contributed by atoms with Crippen LogP contribution < -0.4 is 15.4 Å². The summed E-state index contributed by atoms with van der Waals surface area (Å²) in [7, 11) is 0. The Morgan fingerprint density at radius 3 is 2.90 bits per heavy atom. The lowest BCUT2D eigenvalue weighted by Crippen LogP contribution is -2.33. The van der Waals surface area contributed by atoms with Gasteiger partial charge in [0.25, 0.3) is 0 Å². The second kappa shape index (κ2) is 9.68. The van der Waals surface area contributed by atoms with E-state index >= 15 is 0 Å². The van der Waals surface area contributed by atoms with E-state index in [-0.39, 0.29) is 30.8 Å². The highest BCUT2D eigenvalue weighted by Gasteiger charge is 2.32. The summed E-state index contributed by atoms with van der Waals surface area (Å²) in [5.74, 6) is -0.647. The normalized spacial score (nSPS) is 15.3. The zero-order valence-corrected chi connectivity index (χ0v) is 16.6. The summed E-state index contributed by atoms with van der Waals surface area (Å²) in [6.07, 6.45) is 5.59. The smallest absolute Gasteiger partial charge is 0.415 e. The molecule has 3 rings (SSSR count). The Morgan fingerprint density at radius 2 is 2.13 bits per heavy atom. The highest BCUT2D eigenvalue weighted by atomic mass is 16.6. The average molecular weight is 413 g/mol. The van der Waals surface area contributed by atoms with Crippen LogP contribution in [0.2, 0.25) is 0 Å². The Bertz CT molecular complexity index is 963. The highest BCUT2D eigenvalue weighted by Crippen LogP contribution is 2.34. The summed E-state index contributed by atoms with van der Waals surface area (Å²) in [4.78, 5) is 32.8. The lowest BCUT2D eigenvalue weighted by molar-refractivity contribution is -0.383. The maximum Gasteiger partial charge on any atom is 0.415 e. The monoisotopic (exact) mass is 413 g/mol. The van der Waals surface area contributed by atoms with Crippen molar-refractivity contribution in [2.24, 2.45) is 0 Å². The number of fused-ring (bicyclic) bond motifs is 4. The molecule has 0 atom stereocenters. The van der Waals surface area contributed by atoms with Crippen LogP contribution in [0.4, 0.5) is 22.1 Å². The van der Waals surface area contributed by atoms with E-state index in [1.807, 2.05) is 24.3 Å². The number of amides is 1. The zero-order valence-electron chi connectivity index (χ0n) is 16.6. The van der Waals surface area contributed by atoms with Gasteiger partial charge in [-0.3, -0.25) is 15.0 Å². The van der Waals surface area contributed by atoms with Gasteiger partial charge < -0.3 is 15.2 Å². The van der Waals surface area contributed by atoms with Crippen LogP contribution in [0.1, 0.15) is 30.9 Å². The van der Waals surface area contributed by atoms with Gasteiger partial charge in [-0.15, -0.1) is 0 Å². The molecule has 0 radical (unpaired) electrons. The number of hydrogen-bond donors (Lipinski definition) is 1. The minimum Gasteiger partial charge on any atom is -0.463 e. The lowest BCUT2D eigenvalue weighted by atomic mass is 10.1. The van der Waals surface area contributed by atoms with Crippen LogP contribution in [0.3, 0.4) is 0 Å². The van der Waals surface area contributed by atoms with Crippen molar-refractivity contribution >= 4 is 23.4 Å². The van der Waals surface area contributed by atoms with E-state index in [1.165, 1.54) is 0 Å². The molecule has 0 fully saturated rings. The molecule has 0 saturated heterocycles. The van der Waals surface area contributed by atoms with Crippen LogP contribution in [0.25, 0.3) is 0 Å². The SMILES string of the molecule is CCOC(=O)N1Cc2cccc(c2)C/C=C/CCCOc2nc(N)c([N+](=O)[O-])c1n2. The molecule has 10 nitrogen and oxygen atoms in total. The molecule has 10 heteroatoms. The molecule has 2 heterocycles. The number of nitro groups is 1. The van der Waals surface area contributed by atoms with E-state index in [0.29, 0.717) is 13.0 Å². The summed E-state index contributed by atoms with van der Waals surface area (Å²) < 4.78 is 10.7. The first kappa shape index (κ1) is 21.0. The lowest BCUT2D eigenvalue weighted by Gasteiger charge is -2.21. The first-order valence-electron chi connectivity index (χ1n) is 9.61. The van der Waals surface area contributed by atoms with Gasteiger partial charge in [0.05, 0.1) is 24.7 Å². The Hall–Kier alpha value is -3.69. The van der Waals surface area contributed by atoms with Crippen LogP contribution in [0, 0.1) is 10.1 Å². The maximum absolute atomic E-state index is 12.7. The van der Waals surface area contributed by atoms with Crippen molar-refractivity contribution < 1.29 is 19.2 Å². The fraction of sp³-hybridized carbons (Fsp3) is 0.350. The second-order valence-electron chi connectivity index (χ2n) is 6.59. The Morgan fingerprint density at radius 1 is 1.33 bits per heavy atom. The molecule has 1 aromatic heterocycles. The number of rotatable bonds is 2. The molecule has 0 saturated carbocycles. The van der Waals surface area contributed by atoms with Crippen molar-refractivity contribution in [2.45, 2.75) is 32.7 Å². The Balaban J connectivity index is 2.14. The van der Waals surface area contributed by atoms with E-state index in [2.05, 4.69) is 22.1 Å². The van der Waals surface area contributed by atoms with Crippen LogP contribution in [-0.4, -0.2) is 34.2 Å². The number of nitrogen functional groups attached to an aromatic ring is 1. The van der Waals surface area contributed by atoms with Gasteiger partial charge >= 0.3 is 17.8 Å². The van der Waals surface area contributed by atoms with Crippen molar-refractivity contribution in [1.29, 1.82) is 0 Å². The highest BCUT2D eigenvalue weighted by molar-refractivity contribution is 5.90. The molecule has 1 aliphatic rings. The number of aromatic nitrogens is 2. The predicted molar refractivity (Wildman–Crippen MR) is 110 cm³/mol. The van der Waals surface area contributed by atoms with Crippen molar-refractivity contribution in [3.8, 4) is 6.01 Å². The maximum atomic E-state index is 12.7. The molecule has 1 amide bonds. The van der Waals surface area contributed by atoms with Gasteiger partial charge in [0.2, 0.25) is 11.6 Å². The molecular formula is C20H23N5O5.